The van der Waals surface area contributed by atoms with Crippen LogP contribution in [0.15, 0.2) is 22.6 Å². The molecule has 0 saturated carbocycles. The van der Waals surface area contributed by atoms with Crippen LogP contribution >= 0.6 is 23.7 Å². The Morgan fingerprint density at radius 1 is 1.77 bits per heavy atom. The van der Waals surface area contributed by atoms with Crippen molar-refractivity contribution in [2.75, 3.05) is 13.4 Å². The average molecular weight is 223 g/mol. The highest BCUT2D eigenvalue weighted by Crippen LogP contribution is 2.07. The van der Waals surface area contributed by atoms with Gasteiger partial charge in [0.2, 0.25) is 0 Å². The normalized spacial score (nSPS) is 14.3. The van der Waals surface area contributed by atoms with Crippen LogP contribution in [0, 0.1) is 0 Å². The lowest BCUT2D eigenvalue weighted by Crippen LogP contribution is -2.72. The summed E-state index contributed by atoms with van der Waals surface area (Å²) in [7, 11) is -1.35. The van der Waals surface area contributed by atoms with Crippen LogP contribution in [-0.2, 0) is 4.65 Å². The minimum absolute atomic E-state index is 1.01. The third-order valence-electron chi connectivity index (χ3n) is 1.02. The second kappa shape index (κ2) is 8.64. The first-order valence-corrected chi connectivity index (χ1v) is 5.59. The van der Waals surface area contributed by atoms with E-state index in [9.17, 15) is 4.32 Å². The summed E-state index contributed by atoms with van der Waals surface area (Å²) in [5, 5.41) is 12.4. The van der Waals surface area contributed by atoms with Crippen molar-refractivity contribution < 1.29 is 18.7 Å². The van der Waals surface area contributed by atoms with E-state index < -0.39 is 7.40 Å². The highest BCUT2D eigenvalue weighted by atomic mass is 32.2. The molecule has 0 radical (unpaired) electrons. The summed E-state index contributed by atoms with van der Waals surface area (Å²) in [6, 6.07) is 0. The molecule has 0 aliphatic carbocycles. The number of nitrogens with two attached hydrogens (primary N) is 1. The van der Waals surface area contributed by atoms with E-state index in [1.165, 1.54) is 5.03 Å². The van der Waals surface area contributed by atoms with E-state index in [2.05, 4.69) is 33.2 Å². The molecule has 1 aliphatic heterocycles. The molecule has 0 spiro atoms. The first-order chi connectivity index (χ1) is 6.20. The topological polar surface area (TPSA) is 48.9 Å². The van der Waals surface area contributed by atoms with Crippen LogP contribution in [0.3, 0.4) is 0 Å². The van der Waals surface area contributed by atoms with Crippen LogP contribution in [-0.4, -0.2) is 20.8 Å². The SMILES string of the molecule is COB([O-])F.CSC1=CC=CS[NH2+]1. The van der Waals surface area contributed by atoms with Gasteiger partial charge in [-0.05, 0) is 12.3 Å². The molecule has 0 unspecified atom stereocenters. The molecule has 0 aromatic carbocycles. The van der Waals surface area contributed by atoms with Crippen molar-refractivity contribution in [3.8, 4) is 0 Å². The van der Waals surface area contributed by atoms with Gasteiger partial charge in [0.1, 0.15) is 11.9 Å². The maximum atomic E-state index is 10.7. The van der Waals surface area contributed by atoms with Crippen LogP contribution in [0.4, 0.5) is 4.32 Å². The molecular formula is C6H11BFNO2S2. The smallest absolute Gasteiger partial charge is 0.398 e. The Labute approximate surface area is 86.1 Å². The fourth-order valence-electron chi connectivity index (χ4n) is 0.441. The Bertz CT molecular complexity index is 189. The molecule has 13 heavy (non-hydrogen) atoms. The summed E-state index contributed by atoms with van der Waals surface area (Å²) in [6.07, 6.45) is 6.26. The monoisotopic (exact) mass is 223 g/mol. The van der Waals surface area contributed by atoms with Gasteiger partial charge in [0.05, 0.1) is 0 Å². The second-order valence-corrected chi connectivity index (χ2v) is 3.53. The van der Waals surface area contributed by atoms with Crippen molar-refractivity contribution in [1.29, 1.82) is 0 Å². The van der Waals surface area contributed by atoms with Crippen molar-refractivity contribution in [1.82, 2.24) is 0 Å². The summed E-state index contributed by atoms with van der Waals surface area (Å²) in [6.45, 7) is 0. The third kappa shape index (κ3) is 8.39. The standard InChI is InChI=1S/C5H7NS2.CH3BFO2/c1-7-5-3-2-4-8-6-5;1-5-2(3)4/h2-4,6H,1H3;1H3/q;-1/p+1. The maximum Gasteiger partial charge on any atom is 0.398 e. The van der Waals surface area contributed by atoms with Gasteiger partial charge in [-0.15, -0.1) is 0 Å². The molecular weight excluding hydrogens is 212 g/mol. The summed E-state index contributed by atoms with van der Waals surface area (Å²) in [5.74, 6) is 0. The highest BCUT2D eigenvalue weighted by molar-refractivity contribution is 8.03. The molecule has 1 aliphatic rings. The van der Waals surface area contributed by atoms with E-state index in [1.807, 2.05) is 0 Å². The molecule has 1 rings (SSSR count). The molecule has 3 nitrogen and oxygen atoms in total. The van der Waals surface area contributed by atoms with Crippen molar-refractivity contribution in [3.05, 3.63) is 22.6 Å². The zero-order valence-electron chi connectivity index (χ0n) is 7.40. The summed E-state index contributed by atoms with van der Waals surface area (Å²) in [4.78, 5) is 0. The Balaban J connectivity index is 0.000000252. The molecule has 74 valence electrons. The lowest BCUT2D eigenvalue weighted by Gasteiger charge is -1.99. The van der Waals surface area contributed by atoms with E-state index in [1.54, 1.807) is 23.7 Å². The van der Waals surface area contributed by atoms with Crippen LogP contribution in [0.5, 0.6) is 0 Å². The number of halogens is 1. The van der Waals surface area contributed by atoms with Crippen molar-refractivity contribution in [2.24, 2.45) is 0 Å². The first kappa shape index (κ1) is 13.1. The third-order valence-corrected chi connectivity index (χ3v) is 2.60. The van der Waals surface area contributed by atoms with Gasteiger partial charge in [0, 0.05) is 18.6 Å². The fourth-order valence-corrected chi connectivity index (χ4v) is 1.67. The molecule has 0 amide bonds. The number of rotatable bonds is 2. The molecule has 0 bridgehead atoms. The van der Waals surface area contributed by atoms with Gasteiger partial charge in [-0.25, -0.2) is 4.72 Å². The Morgan fingerprint density at radius 3 is 2.62 bits per heavy atom. The van der Waals surface area contributed by atoms with Crippen LogP contribution in [0.1, 0.15) is 0 Å². The highest BCUT2D eigenvalue weighted by Gasteiger charge is 1.99. The van der Waals surface area contributed by atoms with Crippen LogP contribution in [0.2, 0.25) is 0 Å². The van der Waals surface area contributed by atoms with E-state index >= 15 is 0 Å². The zero-order chi connectivity index (χ0) is 10.1. The Morgan fingerprint density at radius 2 is 2.38 bits per heavy atom. The van der Waals surface area contributed by atoms with E-state index in [4.69, 9.17) is 5.02 Å². The number of hydrogen-bond acceptors (Lipinski definition) is 4. The summed E-state index contributed by atoms with van der Waals surface area (Å²) < 4.78 is 16.3. The van der Waals surface area contributed by atoms with E-state index in [-0.39, 0.29) is 0 Å². The van der Waals surface area contributed by atoms with Crippen LogP contribution < -0.4 is 9.75 Å². The van der Waals surface area contributed by atoms with Gasteiger partial charge in [-0.1, -0.05) is 11.8 Å². The largest absolute Gasteiger partial charge is 0.828 e. The molecule has 0 atom stereocenters. The molecule has 0 aromatic heterocycles. The van der Waals surface area contributed by atoms with Crippen molar-refractivity contribution >= 4 is 31.1 Å². The van der Waals surface area contributed by atoms with Gasteiger partial charge < -0.3 is 14.0 Å². The Hall–Kier alpha value is 0.0549. The molecule has 2 N–H and O–H groups in total. The number of allylic oxidation sites excluding steroid dienone is 2. The minimum Gasteiger partial charge on any atom is -0.828 e. The molecule has 1 heterocycles. The number of thioether (sulfide) groups is 1. The second-order valence-electron chi connectivity index (χ2n) is 1.87. The van der Waals surface area contributed by atoms with Gasteiger partial charge in [-0.2, -0.15) is 0 Å². The summed E-state index contributed by atoms with van der Waals surface area (Å²) >= 11 is 3.51. The number of quaternary nitrogens is 1. The van der Waals surface area contributed by atoms with Gasteiger partial charge in [0.25, 0.3) is 0 Å². The van der Waals surface area contributed by atoms with Crippen LogP contribution in [0.25, 0.3) is 0 Å². The molecule has 0 aromatic rings. The van der Waals surface area contributed by atoms with E-state index in [0.29, 0.717) is 0 Å². The van der Waals surface area contributed by atoms with Gasteiger partial charge in [-0.3, -0.25) is 0 Å². The average Bonchev–Trinajstić information content (AvgIpc) is 2.20. The maximum absolute atomic E-state index is 10.7. The van der Waals surface area contributed by atoms with Gasteiger partial charge >= 0.3 is 7.40 Å². The minimum atomic E-state index is -2.37. The summed E-state index contributed by atoms with van der Waals surface area (Å²) in [5.41, 5.74) is 0. The quantitative estimate of drug-likeness (QED) is 0.523. The lowest BCUT2D eigenvalue weighted by molar-refractivity contribution is -0.404. The Kier molecular flexibility index (Phi) is 8.68. The van der Waals surface area contributed by atoms with Gasteiger partial charge in [0.15, 0.2) is 5.03 Å². The predicted molar refractivity (Wildman–Crippen MR) is 54.1 cm³/mol. The molecule has 7 heteroatoms. The van der Waals surface area contributed by atoms with E-state index in [0.717, 1.165) is 7.11 Å². The van der Waals surface area contributed by atoms with Crippen molar-refractivity contribution in [3.63, 3.8) is 0 Å². The van der Waals surface area contributed by atoms with Crippen molar-refractivity contribution in [2.45, 2.75) is 0 Å². The lowest BCUT2D eigenvalue weighted by atomic mass is 10.3. The predicted octanol–water partition coefficient (Wildman–Crippen LogP) is -0.123. The first-order valence-electron chi connectivity index (χ1n) is 3.43. The fraction of sp³-hybridized carbons (Fsp3) is 0.333. The molecule has 0 fully saturated rings. The number of hydrogen-bond donors (Lipinski definition) is 1. The molecule has 0 saturated heterocycles. The zero-order valence-corrected chi connectivity index (χ0v) is 9.03.